The largest absolute Gasteiger partial charge is 0.468 e. The van der Waals surface area contributed by atoms with Crippen molar-refractivity contribution < 1.29 is 42.5 Å². The Morgan fingerprint density at radius 2 is 1.95 bits per heavy atom. The van der Waals surface area contributed by atoms with Crippen molar-refractivity contribution in [1.82, 2.24) is 19.7 Å². The zero-order valence-corrected chi connectivity index (χ0v) is 24.1. The van der Waals surface area contributed by atoms with Crippen molar-refractivity contribution in [1.29, 1.82) is 5.26 Å². The predicted molar refractivity (Wildman–Crippen MR) is 146 cm³/mol. The van der Waals surface area contributed by atoms with E-state index in [1.54, 1.807) is 44.2 Å². The monoisotopic (exact) mass is 602 g/mol. The van der Waals surface area contributed by atoms with Crippen molar-refractivity contribution in [2.45, 2.75) is 50.7 Å². The van der Waals surface area contributed by atoms with E-state index in [9.17, 15) is 24.5 Å². The van der Waals surface area contributed by atoms with Gasteiger partial charge in [-0.25, -0.2) is 14.1 Å². The first-order valence-corrected chi connectivity index (χ1v) is 14.4. The van der Waals surface area contributed by atoms with Crippen LogP contribution in [0.25, 0.3) is 5.52 Å². The van der Waals surface area contributed by atoms with Gasteiger partial charge in [-0.05, 0) is 31.2 Å². The van der Waals surface area contributed by atoms with Crippen LogP contribution in [-0.4, -0.2) is 69.2 Å². The molecule has 0 bridgehead atoms. The zero-order chi connectivity index (χ0) is 30.7. The molecule has 1 fully saturated rings. The summed E-state index contributed by atoms with van der Waals surface area (Å²) < 4.78 is 42.9. The molecule has 0 spiro atoms. The fourth-order valence-electron chi connectivity index (χ4n) is 4.21. The van der Waals surface area contributed by atoms with Gasteiger partial charge in [0.15, 0.2) is 11.9 Å². The fraction of sp³-hybridized carbons (Fsp3) is 0.423. The summed E-state index contributed by atoms with van der Waals surface area (Å²) in [5, 5.41) is 28.4. The maximum absolute atomic E-state index is 13.9. The summed E-state index contributed by atoms with van der Waals surface area (Å²) in [6.45, 7) is 3.75. The molecule has 0 aliphatic carbocycles. The minimum atomic E-state index is -4.43. The normalized spacial score (nSPS) is 24.1. The fourth-order valence-corrected chi connectivity index (χ4v) is 5.73. The topological polar surface area (TPSA) is 210 Å². The Morgan fingerprint density at radius 3 is 2.60 bits per heavy atom. The lowest BCUT2D eigenvalue weighted by Gasteiger charge is -2.28. The first-order chi connectivity index (χ1) is 19.9. The quantitative estimate of drug-likeness (QED) is 0.212. The van der Waals surface area contributed by atoms with Crippen molar-refractivity contribution in [2.24, 2.45) is 5.92 Å². The number of nitrogens with zero attached hydrogens (tertiary/aromatic N) is 4. The molecule has 0 unspecified atom stereocenters. The second-order valence-electron chi connectivity index (χ2n) is 9.79. The number of ether oxygens (including phenoxy) is 3. The van der Waals surface area contributed by atoms with Crippen LogP contribution >= 0.6 is 7.75 Å². The highest BCUT2D eigenvalue weighted by molar-refractivity contribution is 7.52. The van der Waals surface area contributed by atoms with Gasteiger partial charge in [0.05, 0.1) is 18.7 Å². The summed E-state index contributed by atoms with van der Waals surface area (Å²) >= 11 is 0. The summed E-state index contributed by atoms with van der Waals surface area (Å²) in [5.74, 6) is -1.71. The lowest BCUT2D eigenvalue weighted by atomic mass is 9.96. The number of esters is 2. The molecule has 2 aromatic heterocycles. The number of para-hydroxylation sites is 1. The summed E-state index contributed by atoms with van der Waals surface area (Å²) in [7, 11) is -3.28. The van der Waals surface area contributed by atoms with E-state index in [4.69, 9.17) is 29.0 Å². The number of nitrogens with two attached hydrogens (primary N) is 1. The number of rotatable bonds is 11. The van der Waals surface area contributed by atoms with Crippen molar-refractivity contribution in [3.8, 4) is 11.8 Å². The van der Waals surface area contributed by atoms with Gasteiger partial charge in [-0.1, -0.05) is 32.0 Å². The molecule has 1 aromatic carbocycles. The molecular weight excluding hydrogens is 571 g/mol. The first-order valence-electron chi connectivity index (χ1n) is 12.8. The standard InChI is InChI=1S/C26H31N6O9P/c1-15(2)24(34)39-21-20(18-10-11-19-23(28)29-14-30-32(18)19)40-26(12-27,22(21)33)13-38-42(36,31-16(3)25(35)37-4)41-17-8-6-5-7-9-17/h5-11,14-16,20-22,33H,13H2,1-4H3,(H,31,36)(H2,28,29,30)/t16-,20-,21-,22-,26+,42-/m0/s1. The summed E-state index contributed by atoms with van der Waals surface area (Å²) in [4.78, 5) is 28.7. The maximum atomic E-state index is 13.9. The Kier molecular flexibility index (Phi) is 9.15. The first kappa shape index (κ1) is 30.9. The average molecular weight is 603 g/mol. The Morgan fingerprint density at radius 1 is 1.24 bits per heavy atom. The van der Waals surface area contributed by atoms with Crippen molar-refractivity contribution in [3.63, 3.8) is 0 Å². The Labute approximate surface area is 241 Å². The lowest BCUT2D eigenvalue weighted by molar-refractivity contribution is -0.159. The van der Waals surface area contributed by atoms with E-state index >= 15 is 0 Å². The highest BCUT2D eigenvalue weighted by Crippen LogP contribution is 2.49. The SMILES string of the molecule is COC(=O)[C@H](C)N[P@](=O)(OC[C@@]1(C#N)O[C@@H](c2ccc3c(N)ncnn23)[C@H](OC(=O)C(C)C)[C@@H]1O)Oc1ccccc1. The second-order valence-corrected chi connectivity index (χ2v) is 11.5. The number of aliphatic hydroxyl groups is 1. The number of nitrogen functional groups attached to an aromatic ring is 1. The van der Waals surface area contributed by atoms with E-state index in [-0.39, 0.29) is 17.3 Å². The van der Waals surface area contributed by atoms with Gasteiger partial charge in [-0.3, -0.25) is 14.1 Å². The molecule has 42 heavy (non-hydrogen) atoms. The van der Waals surface area contributed by atoms with Gasteiger partial charge in [0.2, 0.25) is 5.60 Å². The zero-order valence-electron chi connectivity index (χ0n) is 23.2. The number of anilines is 1. The van der Waals surface area contributed by atoms with Gasteiger partial charge >= 0.3 is 19.7 Å². The molecule has 3 heterocycles. The van der Waals surface area contributed by atoms with Crippen LogP contribution < -0.4 is 15.3 Å². The van der Waals surface area contributed by atoms with Gasteiger partial charge in [0, 0.05) is 0 Å². The van der Waals surface area contributed by atoms with Crippen LogP contribution in [0.1, 0.15) is 32.6 Å². The number of fused-ring (bicyclic) bond motifs is 1. The number of benzene rings is 1. The molecule has 15 nitrogen and oxygen atoms in total. The summed E-state index contributed by atoms with van der Waals surface area (Å²) in [6, 6.07) is 11.9. The van der Waals surface area contributed by atoms with Gasteiger partial charge in [0.25, 0.3) is 0 Å². The molecule has 1 aliphatic heterocycles. The highest BCUT2D eigenvalue weighted by Gasteiger charge is 2.59. The third-order valence-electron chi connectivity index (χ3n) is 6.46. The van der Waals surface area contributed by atoms with Gasteiger partial charge in [-0.2, -0.15) is 15.4 Å². The maximum Gasteiger partial charge on any atom is 0.459 e. The van der Waals surface area contributed by atoms with Crippen LogP contribution in [0.5, 0.6) is 5.75 Å². The van der Waals surface area contributed by atoms with E-state index in [2.05, 4.69) is 15.2 Å². The van der Waals surface area contributed by atoms with E-state index in [0.29, 0.717) is 5.52 Å². The summed E-state index contributed by atoms with van der Waals surface area (Å²) in [6.07, 6.45) is -3.23. The number of hydrogen-bond donors (Lipinski definition) is 3. The third kappa shape index (κ3) is 6.23. The molecule has 0 radical (unpaired) electrons. The number of carbonyl (C=O) groups excluding carboxylic acids is 2. The number of carbonyl (C=O) groups is 2. The number of aliphatic hydroxyl groups excluding tert-OH is 1. The summed E-state index contributed by atoms with van der Waals surface area (Å²) in [5.41, 5.74) is 4.43. The Bertz CT molecular complexity index is 1530. The smallest absolute Gasteiger partial charge is 0.459 e. The third-order valence-corrected chi connectivity index (χ3v) is 8.09. The molecule has 1 saturated heterocycles. The van der Waals surface area contributed by atoms with E-state index < -0.39 is 62.2 Å². The molecule has 224 valence electrons. The number of methoxy groups -OCH3 is 1. The van der Waals surface area contributed by atoms with Crippen molar-refractivity contribution >= 4 is 31.0 Å². The molecule has 4 N–H and O–H groups in total. The van der Waals surface area contributed by atoms with Crippen LogP contribution in [0.3, 0.4) is 0 Å². The average Bonchev–Trinajstić information content (AvgIpc) is 3.52. The van der Waals surface area contributed by atoms with E-state index in [0.717, 1.165) is 7.11 Å². The minimum Gasteiger partial charge on any atom is -0.468 e. The van der Waals surface area contributed by atoms with Crippen LogP contribution in [0.15, 0.2) is 48.8 Å². The van der Waals surface area contributed by atoms with Crippen LogP contribution in [0, 0.1) is 17.2 Å². The van der Waals surface area contributed by atoms with Crippen LogP contribution in [0.2, 0.25) is 0 Å². The van der Waals surface area contributed by atoms with Crippen molar-refractivity contribution in [3.05, 3.63) is 54.5 Å². The van der Waals surface area contributed by atoms with E-state index in [1.165, 1.54) is 29.9 Å². The van der Waals surface area contributed by atoms with E-state index in [1.807, 2.05) is 6.07 Å². The van der Waals surface area contributed by atoms with Gasteiger partial charge < -0.3 is 29.6 Å². The Hall–Kier alpha value is -4.06. The number of hydrogen-bond acceptors (Lipinski definition) is 13. The van der Waals surface area contributed by atoms with Gasteiger partial charge in [0.1, 0.15) is 48.5 Å². The molecule has 3 aromatic rings. The number of nitrogens with one attached hydrogen (secondary N) is 1. The molecule has 0 amide bonds. The molecule has 0 saturated carbocycles. The molecule has 4 rings (SSSR count). The minimum absolute atomic E-state index is 0.128. The predicted octanol–water partition coefficient (Wildman–Crippen LogP) is 1.93. The van der Waals surface area contributed by atoms with Crippen LogP contribution in [-0.2, 0) is 32.9 Å². The van der Waals surface area contributed by atoms with Crippen LogP contribution in [0.4, 0.5) is 5.82 Å². The second kappa shape index (κ2) is 12.4. The van der Waals surface area contributed by atoms with Gasteiger partial charge in [-0.15, -0.1) is 0 Å². The number of nitriles is 1. The van der Waals surface area contributed by atoms with Crippen molar-refractivity contribution in [2.75, 3.05) is 19.5 Å². The molecule has 6 atom stereocenters. The number of aromatic nitrogens is 3. The molecule has 1 aliphatic rings. The molecule has 16 heteroatoms. The Balaban J connectivity index is 1.69. The highest BCUT2D eigenvalue weighted by atomic mass is 31.2. The lowest BCUT2D eigenvalue weighted by Crippen LogP contribution is -2.47. The molecular formula is C26H31N6O9P.